The van der Waals surface area contributed by atoms with E-state index in [1.165, 1.54) is 6.07 Å². The van der Waals surface area contributed by atoms with Crippen molar-refractivity contribution in [3.63, 3.8) is 0 Å². The number of hydrogen-bond donors (Lipinski definition) is 0. The van der Waals surface area contributed by atoms with Crippen LogP contribution in [-0.4, -0.2) is 32.1 Å². The zero-order chi connectivity index (χ0) is 24.0. The van der Waals surface area contributed by atoms with E-state index < -0.39 is 29.9 Å². The Hall–Kier alpha value is -3.26. The second kappa shape index (κ2) is 8.83. The number of halogens is 2. The van der Waals surface area contributed by atoms with Crippen molar-refractivity contribution in [2.45, 2.75) is 12.1 Å². The maximum absolute atomic E-state index is 13.8. The zero-order valence-corrected chi connectivity index (χ0v) is 19.8. The lowest BCUT2D eigenvalue weighted by molar-refractivity contribution is -0.126. The average Bonchev–Trinajstić information content (AvgIpc) is 3.37. The van der Waals surface area contributed by atoms with E-state index in [0.717, 1.165) is 4.90 Å². The van der Waals surface area contributed by atoms with Crippen molar-refractivity contribution in [2.75, 3.05) is 24.2 Å². The van der Waals surface area contributed by atoms with Gasteiger partial charge < -0.3 is 9.47 Å². The molecule has 0 aromatic heterocycles. The van der Waals surface area contributed by atoms with Gasteiger partial charge in [0.05, 0.1) is 35.6 Å². The van der Waals surface area contributed by atoms with Gasteiger partial charge in [0.2, 0.25) is 5.91 Å². The van der Waals surface area contributed by atoms with Gasteiger partial charge in [0.25, 0.3) is 5.91 Å². The molecule has 2 aliphatic heterocycles. The molecule has 0 saturated carbocycles. The first kappa shape index (κ1) is 22.5. The molecule has 3 aromatic carbocycles. The fourth-order valence-electron chi connectivity index (χ4n) is 4.48. The molecule has 0 unspecified atom stereocenters. The minimum Gasteiger partial charge on any atom is -0.497 e. The van der Waals surface area contributed by atoms with Gasteiger partial charge >= 0.3 is 0 Å². The number of nitrogens with zero attached hydrogens (tertiary/aromatic N) is 2. The van der Waals surface area contributed by atoms with E-state index in [9.17, 15) is 9.59 Å². The van der Waals surface area contributed by atoms with Gasteiger partial charge in [-0.1, -0.05) is 41.4 Å². The summed E-state index contributed by atoms with van der Waals surface area (Å²) < 4.78 is 11.0. The predicted molar refractivity (Wildman–Crippen MR) is 129 cm³/mol. The third kappa shape index (κ3) is 3.57. The number of amides is 2. The Morgan fingerprint density at radius 3 is 2.26 bits per heavy atom. The van der Waals surface area contributed by atoms with Crippen molar-refractivity contribution in [1.29, 1.82) is 0 Å². The first-order chi connectivity index (χ1) is 16.4. The third-order valence-electron chi connectivity index (χ3n) is 6.04. The molecule has 2 heterocycles. The van der Waals surface area contributed by atoms with Gasteiger partial charge in [-0.2, -0.15) is 0 Å². The number of fused-ring (bicyclic) bond motifs is 1. The lowest BCUT2D eigenvalue weighted by Gasteiger charge is -2.29. The monoisotopic (exact) mass is 498 g/mol. The summed E-state index contributed by atoms with van der Waals surface area (Å²) in [4.78, 5) is 34.5. The van der Waals surface area contributed by atoms with Crippen LogP contribution in [0.4, 0.5) is 11.4 Å². The number of carbonyl (C=O) groups is 2. The van der Waals surface area contributed by atoms with Crippen molar-refractivity contribution in [1.82, 2.24) is 0 Å². The number of imide groups is 1. The van der Waals surface area contributed by atoms with E-state index in [-0.39, 0.29) is 5.02 Å². The van der Waals surface area contributed by atoms with Gasteiger partial charge in [0.1, 0.15) is 23.5 Å². The van der Waals surface area contributed by atoms with E-state index >= 15 is 0 Å². The number of rotatable bonds is 5. The topological polar surface area (TPSA) is 68.3 Å². The highest BCUT2D eigenvalue weighted by atomic mass is 35.5. The SMILES string of the molecule is COc1ccc(OC)c([C@H]2[C@@H]3C(=O)N(c4ccc(Cl)c(Cl)c4)C(=O)[C@@H]3ON2c2ccccc2)c1. The fraction of sp³-hybridized carbons (Fsp3) is 0.200. The molecule has 0 spiro atoms. The Labute approximate surface area is 206 Å². The van der Waals surface area contributed by atoms with Gasteiger partial charge in [-0.15, -0.1) is 0 Å². The summed E-state index contributed by atoms with van der Waals surface area (Å²) in [6.45, 7) is 0. The Balaban J connectivity index is 1.64. The highest BCUT2D eigenvalue weighted by molar-refractivity contribution is 6.42. The van der Waals surface area contributed by atoms with E-state index in [4.69, 9.17) is 37.5 Å². The van der Waals surface area contributed by atoms with Crippen molar-refractivity contribution in [3.8, 4) is 11.5 Å². The summed E-state index contributed by atoms with van der Waals surface area (Å²) in [5.74, 6) is -0.571. The minimum atomic E-state index is -1.02. The van der Waals surface area contributed by atoms with Gasteiger partial charge in [0.15, 0.2) is 6.10 Å². The van der Waals surface area contributed by atoms with Gasteiger partial charge in [-0.25, -0.2) is 9.96 Å². The normalized spacial score (nSPS) is 21.7. The molecule has 2 amide bonds. The Kier molecular flexibility index (Phi) is 5.85. The molecule has 2 saturated heterocycles. The summed E-state index contributed by atoms with van der Waals surface area (Å²) in [5.41, 5.74) is 1.70. The zero-order valence-electron chi connectivity index (χ0n) is 18.3. The number of hydroxylamine groups is 1. The molecule has 9 heteroatoms. The molecule has 2 aliphatic rings. The minimum absolute atomic E-state index is 0.245. The van der Waals surface area contributed by atoms with E-state index in [2.05, 4.69) is 0 Å². The summed E-state index contributed by atoms with van der Waals surface area (Å²) in [5, 5.41) is 2.18. The third-order valence-corrected chi connectivity index (χ3v) is 6.78. The summed E-state index contributed by atoms with van der Waals surface area (Å²) in [6, 6.07) is 18.6. The Morgan fingerprint density at radius 2 is 1.59 bits per heavy atom. The molecule has 0 bridgehead atoms. The fourth-order valence-corrected chi connectivity index (χ4v) is 4.77. The van der Waals surface area contributed by atoms with Crippen LogP contribution in [0.3, 0.4) is 0 Å². The maximum atomic E-state index is 13.8. The first-order valence-electron chi connectivity index (χ1n) is 10.5. The summed E-state index contributed by atoms with van der Waals surface area (Å²) in [7, 11) is 3.11. The highest BCUT2D eigenvalue weighted by Crippen LogP contribution is 2.50. The number of carbonyl (C=O) groups excluding carboxylic acids is 2. The molecular formula is C25H20Cl2N2O5. The molecule has 0 N–H and O–H groups in total. The molecule has 2 fully saturated rings. The molecule has 0 radical (unpaired) electrons. The number of para-hydroxylation sites is 1. The highest BCUT2D eigenvalue weighted by Gasteiger charge is 2.60. The Bertz CT molecular complexity index is 1270. The molecular weight excluding hydrogens is 479 g/mol. The molecule has 5 rings (SSSR count). The number of hydrogen-bond acceptors (Lipinski definition) is 6. The molecule has 7 nitrogen and oxygen atoms in total. The van der Waals surface area contributed by atoms with Crippen LogP contribution in [0.2, 0.25) is 10.0 Å². The maximum Gasteiger partial charge on any atom is 0.266 e. The van der Waals surface area contributed by atoms with Crippen molar-refractivity contribution < 1.29 is 23.9 Å². The summed E-state index contributed by atoms with van der Waals surface area (Å²) in [6.07, 6.45) is -1.02. The predicted octanol–water partition coefficient (Wildman–Crippen LogP) is 5.06. The van der Waals surface area contributed by atoms with Crippen LogP contribution < -0.4 is 19.4 Å². The largest absolute Gasteiger partial charge is 0.497 e. The van der Waals surface area contributed by atoms with Crippen LogP contribution in [0.5, 0.6) is 11.5 Å². The number of anilines is 2. The van der Waals surface area contributed by atoms with Crippen LogP contribution in [0, 0.1) is 5.92 Å². The Morgan fingerprint density at radius 1 is 0.824 bits per heavy atom. The van der Waals surface area contributed by atoms with Gasteiger partial charge in [-0.05, 0) is 48.5 Å². The smallest absolute Gasteiger partial charge is 0.266 e. The number of benzene rings is 3. The van der Waals surface area contributed by atoms with Gasteiger partial charge in [0, 0.05) is 5.56 Å². The summed E-state index contributed by atoms with van der Waals surface area (Å²) >= 11 is 12.2. The quantitative estimate of drug-likeness (QED) is 0.458. The number of ether oxygens (including phenoxy) is 2. The van der Waals surface area contributed by atoms with Crippen molar-refractivity contribution in [2.24, 2.45) is 5.92 Å². The molecule has 34 heavy (non-hydrogen) atoms. The standard InChI is InChI=1S/C25H20Cl2N2O5/c1-32-16-9-11-20(33-2)17(13-16)22-21-23(34-29(22)14-6-4-3-5-7-14)25(31)28(24(21)30)15-8-10-18(26)19(27)12-15/h3-13,21-23H,1-2H3/t21-,22-,23+/m0/s1. The second-order valence-electron chi connectivity index (χ2n) is 7.88. The van der Waals surface area contributed by atoms with E-state index in [1.54, 1.807) is 49.6 Å². The molecule has 0 aliphatic carbocycles. The van der Waals surface area contributed by atoms with Crippen LogP contribution in [0.25, 0.3) is 0 Å². The van der Waals surface area contributed by atoms with Gasteiger partial charge in [-0.3, -0.25) is 14.4 Å². The first-order valence-corrected chi connectivity index (χ1v) is 11.3. The van der Waals surface area contributed by atoms with Crippen LogP contribution in [0.1, 0.15) is 11.6 Å². The molecule has 174 valence electrons. The lowest BCUT2D eigenvalue weighted by Crippen LogP contribution is -2.37. The number of methoxy groups -OCH3 is 2. The average molecular weight is 499 g/mol. The molecule has 3 aromatic rings. The molecule has 3 atom stereocenters. The van der Waals surface area contributed by atoms with Crippen molar-refractivity contribution >= 4 is 46.4 Å². The van der Waals surface area contributed by atoms with Crippen LogP contribution in [0.15, 0.2) is 66.7 Å². The lowest BCUT2D eigenvalue weighted by atomic mass is 9.89. The van der Waals surface area contributed by atoms with E-state index in [0.29, 0.717) is 33.5 Å². The van der Waals surface area contributed by atoms with E-state index in [1.807, 2.05) is 30.3 Å². The van der Waals surface area contributed by atoms with Crippen LogP contribution >= 0.6 is 23.2 Å². The van der Waals surface area contributed by atoms with Crippen LogP contribution in [-0.2, 0) is 14.4 Å². The second-order valence-corrected chi connectivity index (χ2v) is 8.69. The van der Waals surface area contributed by atoms with Crippen molar-refractivity contribution in [3.05, 3.63) is 82.3 Å².